The van der Waals surface area contributed by atoms with Crippen molar-refractivity contribution in [2.75, 3.05) is 32.7 Å². The third-order valence-electron chi connectivity index (χ3n) is 5.33. The molecule has 0 saturated carbocycles. The number of fused-ring (bicyclic) bond motifs is 1. The molecule has 0 aromatic heterocycles. The van der Waals surface area contributed by atoms with E-state index in [0.717, 1.165) is 11.3 Å². The third-order valence-corrected chi connectivity index (χ3v) is 6.63. The first kappa shape index (κ1) is 14.1. The van der Waals surface area contributed by atoms with Gasteiger partial charge in [-0.2, -0.15) is 0 Å². The first-order valence-corrected chi connectivity index (χ1v) is 9.47. The summed E-state index contributed by atoms with van der Waals surface area (Å²) >= 11 is 2.10. The molecule has 2 nitrogen and oxygen atoms in total. The number of hydrogen-bond donors (Lipinski definition) is 0. The predicted molar refractivity (Wildman–Crippen MR) is 90.1 cm³/mol. The highest BCUT2D eigenvalue weighted by molar-refractivity contribution is 8.00. The van der Waals surface area contributed by atoms with Crippen LogP contribution < -0.4 is 0 Å². The van der Waals surface area contributed by atoms with Gasteiger partial charge < -0.3 is 4.90 Å². The molecule has 1 aromatic carbocycles. The molecule has 0 N–H and O–H groups in total. The predicted octanol–water partition coefficient (Wildman–Crippen LogP) is 3.26. The molecule has 3 aliphatic heterocycles. The third kappa shape index (κ3) is 3.15. The lowest BCUT2D eigenvalue weighted by Gasteiger charge is -2.32. The summed E-state index contributed by atoms with van der Waals surface area (Å²) in [5.74, 6) is 0. The number of piperidine rings is 1. The smallest absolute Gasteiger partial charge is 0.0263 e. The van der Waals surface area contributed by atoms with Gasteiger partial charge in [0.25, 0.3) is 0 Å². The van der Waals surface area contributed by atoms with E-state index in [4.69, 9.17) is 0 Å². The Balaban J connectivity index is 1.29. The highest BCUT2D eigenvalue weighted by atomic mass is 32.2. The molecule has 114 valence electrons. The Bertz CT molecular complexity index is 459. The topological polar surface area (TPSA) is 6.48 Å². The maximum atomic E-state index is 2.76. The van der Waals surface area contributed by atoms with Crippen LogP contribution >= 0.6 is 11.8 Å². The summed E-state index contributed by atoms with van der Waals surface area (Å²) in [5.41, 5.74) is 1.57. The molecule has 3 heteroatoms. The standard InChI is InChI=1S/C18H26N2S/c1-4-9-20(10-5-1)16-8-11-19(13-16)14-17-12-15-6-2-3-7-18(15)21-17/h2-3,6-7,16-17H,1,4-5,8-14H2. The highest BCUT2D eigenvalue weighted by Crippen LogP contribution is 2.37. The Morgan fingerprint density at radius 1 is 1.05 bits per heavy atom. The maximum absolute atomic E-state index is 2.76. The van der Waals surface area contributed by atoms with Gasteiger partial charge in [0.15, 0.2) is 0 Å². The maximum Gasteiger partial charge on any atom is 0.0263 e. The minimum Gasteiger partial charge on any atom is -0.301 e. The average molecular weight is 302 g/mol. The summed E-state index contributed by atoms with van der Waals surface area (Å²) in [6, 6.07) is 9.81. The molecule has 3 aliphatic rings. The summed E-state index contributed by atoms with van der Waals surface area (Å²) in [6.07, 6.45) is 6.95. The van der Waals surface area contributed by atoms with Crippen molar-refractivity contribution in [2.45, 2.75) is 48.3 Å². The average Bonchev–Trinajstić information content (AvgIpc) is 3.14. The van der Waals surface area contributed by atoms with Crippen molar-refractivity contribution in [3.63, 3.8) is 0 Å². The number of likely N-dealkylation sites (tertiary alicyclic amines) is 2. The van der Waals surface area contributed by atoms with Crippen LogP contribution in [0.1, 0.15) is 31.2 Å². The van der Waals surface area contributed by atoms with Crippen molar-refractivity contribution in [3.05, 3.63) is 29.8 Å². The van der Waals surface area contributed by atoms with Crippen molar-refractivity contribution in [1.82, 2.24) is 9.80 Å². The number of nitrogens with zero attached hydrogens (tertiary/aromatic N) is 2. The first-order valence-electron chi connectivity index (χ1n) is 8.59. The molecule has 3 heterocycles. The van der Waals surface area contributed by atoms with Gasteiger partial charge in [0.05, 0.1) is 0 Å². The molecular weight excluding hydrogens is 276 g/mol. The van der Waals surface area contributed by atoms with Gasteiger partial charge in [0.2, 0.25) is 0 Å². The Hall–Kier alpha value is -0.510. The van der Waals surface area contributed by atoms with Gasteiger partial charge in [-0.1, -0.05) is 24.6 Å². The first-order chi connectivity index (χ1) is 10.4. The van der Waals surface area contributed by atoms with E-state index in [0.29, 0.717) is 0 Å². The van der Waals surface area contributed by atoms with Crippen LogP contribution in [0.15, 0.2) is 29.2 Å². The molecule has 2 fully saturated rings. The Morgan fingerprint density at radius 3 is 2.76 bits per heavy atom. The number of hydrogen-bond acceptors (Lipinski definition) is 3. The quantitative estimate of drug-likeness (QED) is 0.846. The minimum absolute atomic E-state index is 0.780. The lowest BCUT2D eigenvalue weighted by molar-refractivity contribution is 0.162. The van der Waals surface area contributed by atoms with Crippen LogP contribution in [-0.4, -0.2) is 53.8 Å². The van der Waals surface area contributed by atoms with Gasteiger partial charge in [0.1, 0.15) is 0 Å². The van der Waals surface area contributed by atoms with Crippen LogP contribution in [0.2, 0.25) is 0 Å². The molecule has 21 heavy (non-hydrogen) atoms. The largest absolute Gasteiger partial charge is 0.301 e. The van der Waals surface area contributed by atoms with Crippen LogP contribution in [0.5, 0.6) is 0 Å². The van der Waals surface area contributed by atoms with E-state index in [2.05, 4.69) is 45.8 Å². The van der Waals surface area contributed by atoms with Crippen molar-refractivity contribution < 1.29 is 0 Å². The monoisotopic (exact) mass is 302 g/mol. The van der Waals surface area contributed by atoms with E-state index in [1.165, 1.54) is 69.7 Å². The van der Waals surface area contributed by atoms with Crippen molar-refractivity contribution in [2.24, 2.45) is 0 Å². The molecule has 1 aromatic rings. The number of thioether (sulfide) groups is 1. The van der Waals surface area contributed by atoms with Crippen molar-refractivity contribution >= 4 is 11.8 Å². The fraction of sp³-hybridized carbons (Fsp3) is 0.667. The van der Waals surface area contributed by atoms with Crippen LogP contribution in [0, 0.1) is 0 Å². The van der Waals surface area contributed by atoms with Crippen molar-refractivity contribution in [3.8, 4) is 0 Å². The van der Waals surface area contributed by atoms with Crippen LogP contribution in [0.25, 0.3) is 0 Å². The molecule has 0 aliphatic carbocycles. The zero-order valence-corrected chi connectivity index (χ0v) is 13.7. The second kappa shape index (κ2) is 6.31. The van der Waals surface area contributed by atoms with Gasteiger partial charge >= 0.3 is 0 Å². The van der Waals surface area contributed by atoms with Crippen LogP contribution in [0.4, 0.5) is 0 Å². The lowest BCUT2D eigenvalue weighted by Crippen LogP contribution is -2.41. The fourth-order valence-electron chi connectivity index (χ4n) is 4.20. The summed E-state index contributed by atoms with van der Waals surface area (Å²) in [6.45, 7) is 6.61. The van der Waals surface area contributed by atoms with Gasteiger partial charge in [-0.05, 0) is 56.9 Å². The second-order valence-corrected chi connectivity index (χ2v) is 8.19. The molecule has 0 radical (unpaired) electrons. The molecule has 4 rings (SSSR count). The summed E-state index contributed by atoms with van der Waals surface area (Å²) in [7, 11) is 0. The van der Waals surface area contributed by atoms with Crippen LogP contribution in [-0.2, 0) is 6.42 Å². The van der Waals surface area contributed by atoms with Crippen molar-refractivity contribution in [1.29, 1.82) is 0 Å². The summed E-state index contributed by atoms with van der Waals surface area (Å²) < 4.78 is 0. The molecule has 2 unspecified atom stereocenters. The molecule has 0 amide bonds. The van der Waals surface area contributed by atoms with Crippen LogP contribution in [0.3, 0.4) is 0 Å². The highest BCUT2D eigenvalue weighted by Gasteiger charge is 2.31. The van der Waals surface area contributed by atoms with Gasteiger partial charge in [-0.25, -0.2) is 0 Å². The Morgan fingerprint density at radius 2 is 1.90 bits per heavy atom. The Kier molecular flexibility index (Phi) is 4.24. The van der Waals surface area contributed by atoms with Gasteiger partial charge in [-0.15, -0.1) is 11.8 Å². The zero-order chi connectivity index (χ0) is 14.1. The number of benzene rings is 1. The van der Waals surface area contributed by atoms with E-state index in [-0.39, 0.29) is 0 Å². The second-order valence-electron chi connectivity index (χ2n) is 6.85. The molecular formula is C18H26N2S. The summed E-state index contributed by atoms with van der Waals surface area (Å²) in [4.78, 5) is 7.01. The van der Waals surface area contributed by atoms with Gasteiger partial charge in [0, 0.05) is 29.3 Å². The zero-order valence-electron chi connectivity index (χ0n) is 12.8. The SMILES string of the molecule is c1ccc2c(c1)CC(CN1CCC(N3CCCCC3)C1)S2. The molecule has 2 atom stereocenters. The number of rotatable bonds is 3. The lowest BCUT2D eigenvalue weighted by atomic mass is 10.1. The van der Waals surface area contributed by atoms with E-state index in [1.54, 1.807) is 5.56 Å². The van der Waals surface area contributed by atoms with E-state index in [1.807, 2.05) is 0 Å². The van der Waals surface area contributed by atoms with E-state index >= 15 is 0 Å². The van der Waals surface area contributed by atoms with E-state index in [9.17, 15) is 0 Å². The minimum atomic E-state index is 0.780. The fourth-order valence-corrected chi connectivity index (χ4v) is 5.57. The van der Waals surface area contributed by atoms with Gasteiger partial charge in [-0.3, -0.25) is 4.90 Å². The van der Waals surface area contributed by atoms with E-state index < -0.39 is 0 Å². The Labute approximate surface area is 132 Å². The molecule has 0 spiro atoms. The normalized spacial score (nSPS) is 30.7. The summed E-state index contributed by atoms with van der Waals surface area (Å²) in [5, 5.41) is 0.780. The molecule has 2 saturated heterocycles. The molecule has 0 bridgehead atoms.